The van der Waals surface area contributed by atoms with Crippen molar-refractivity contribution in [3.8, 4) is 0 Å². The summed E-state index contributed by atoms with van der Waals surface area (Å²) >= 11 is 0. The van der Waals surface area contributed by atoms with Gasteiger partial charge in [-0.3, -0.25) is 4.98 Å². The maximum atomic E-state index is 5.18. The summed E-state index contributed by atoms with van der Waals surface area (Å²) in [5.74, 6) is 1.99. The molecular formula is C25H33N5. The fourth-order valence-corrected chi connectivity index (χ4v) is 4.57. The second-order valence-corrected chi connectivity index (χ2v) is 8.63. The molecule has 1 aromatic rings. The molecule has 5 heteroatoms. The molecule has 2 unspecified atom stereocenters. The third kappa shape index (κ3) is 3.81. The zero-order chi connectivity index (χ0) is 21.4. The second kappa shape index (κ2) is 8.13. The van der Waals surface area contributed by atoms with E-state index in [1.54, 1.807) is 0 Å². The Bertz CT molecular complexity index is 922. The minimum atomic E-state index is 0.199. The van der Waals surface area contributed by atoms with Crippen LogP contribution in [0.2, 0.25) is 0 Å². The number of hydrogen-bond acceptors (Lipinski definition) is 5. The summed E-state index contributed by atoms with van der Waals surface area (Å²) in [5.41, 5.74) is 4.57. The van der Waals surface area contributed by atoms with E-state index in [9.17, 15) is 0 Å². The molecule has 1 saturated heterocycles. The van der Waals surface area contributed by atoms with Crippen LogP contribution in [-0.4, -0.2) is 44.7 Å². The number of aromatic nitrogens is 1. The molecule has 1 aromatic heterocycles. The normalized spacial score (nSPS) is 29.3. The number of rotatable bonds is 3. The van der Waals surface area contributed by atoms with E-state index in [0.29, 0.717) is 6.04 Å². The number of hydrogen-bond donors (Lipinski definition) is 0. The Morgan fingerprint density at radius 3 is 2.53 bits per heavy atom. The second-order valence-electron chi connectivity index (χ2n) is 8.63. The van der Waals surface area contributed by atoms with Gasteiger partial charge in [-0.1, -0.05) is 19.2 Å². The third-order valence-electron chi connectivity index (χ3n) is 6.60. The molecule has 2 aliphatic heterocycles. The molecular weight excluding hydrogens is 370 g/mol. The van der Waals surface area contributed by atoms with Crippen LogP contribution in [-0.2, 0) is 0 Å². The average Bonchev–Trinajstić information content (AvgIpc) is 3.50. The van der Waals surface area contributed by atoms with Gasteiger partial charge in [0.1, 0.15) is 11.7 Å². The zero-order valence-corrected chi connectivity index (χ0v) is 18.7. The fraction of sp³-hybridized carbons (Fsp3) is 0.440. The lowest BCUT2D eigenvalue weighted by Crippen LogP contribution is -2.43. The van der Waals surface area contributed by atoms with Crippen LogP contribution in [0.5, 0.6) is 0 Å². The Kier molecular flexibility index (Phi) is 5.54. The van der Waals surface area contributed by atoms with Gasteiger partial charge in [-0.25, -0.2) is 4.99 Å². The van der Waals surface area contributed by atoms with Crippen LogP contribution in [0.1, 0.15) is 58.1 Å². The molecule has 5 nitrogen and oxygen atoms in total. The van der Waals surface area contributed by atoms with Crippen LogP contribution in [0.3, 0.4) is 0 Å². The summed E-state index contributed by atoms with van der Waals surface area (Å²) in [7, 11) is 2.10. The number of amidine groups is 1. The van der Waals surface area contributed by atoms with E-state index < -0.39 is 0 Å². The van der Waals surface area contributed by atoms with Gasteiger partial charge in [-0.05, 0) is 70.2 Å². The maximum Gasteiger partial charge on any atom is 0.135 e. The molecule has 2 fully saturated rings. The zero-order valence-electron chi connectivity index (χ0n) is 18.7. The molecule has 3 aliphatic rings. The number of nitrogens with zero attached hydrogens (tertiary/aromatic N) is 5. The Hall–Kier alpha value is -2.82. The summed E-state index contributed by atoms with van der Waals surface area (Å²) in [6, 6.07) is 5.12. The molecule has 2 atom stereocenters. The molecule has 0 radical (unpaired) electrons. The van der Waals surface area contributed by atoms with Crippen molar-refractivity contribution in [3.05, 3.63) is 78.3 Å². The highest BCUT2D eigenvalue weighted by Gasteiger charge is 2.36. The van der Waals surface area contributed by atoms with Crippen LogP contribution in [0.4, 0.5) is 0 Å². The molecule has 4 rings (SSSR count). The van der Waals surface area contributed by atoms with Crippen LogP contribution < -0.4 is 0 Å². The lowest BCUT2D eigenvalue weighted by molar-refractivity contribution is 0.303. The van der Waals surface area contributed by atoms with Crippen molar-refractivity contribution in [1.82, 2.24) is 19.7 Å². The first-order chi connectivity index (χ1) is 14.4. The van der Waals surface area contributed by atoms with Crippen LogP contribution >= 0.6 is 0 Å². The predicted molar refractivity (Wildman–Crippen MR) is 123 cm³/mol. The lowest BCUT2D eigenvalue weighted by atomic mass is 10.1. The topological polar surface area (TPSA) is 35.0 Å². The fourth-order valence-electron chi connectivity index (χ4n) is 4.57. The summed E-state index contributed by atoms with van der Waals surface area (Å²) < 4.78 is 0. The first-order valence-corrected chi connectivity index (χ1v) is 10.9. The van der Waals surface area contributed by atoms with Gasteiger partial charge in [-0.2, -0.15) is 0 Å². The summed E-state index contributed by atoms with van der Waals surface area (Å²) in [6.07, 6.45) is 12.5. The Morgan fingerprint density at radius 2 is 1.87 bits per heavy atom. The van der Waals surface area contributed by atoms with E-state index in [-0.39, 0.29) is 12.1 Å². The lowest BCUT2D eigenvalue weighted by Gasteiger charge is -2.38. The average molecular weight is 404 g/mol. The number of likely N-dealkylation sites (tertiary alicyclic amines) is 1. The number of allylic oxidation sites excluding steroid dienone is 4. The highest BCUT2D eigenvalue weighted by Crippen LogP contribution is 2.41. The molecule has 0 spiro atoms. The minimum absolute atomic E-state index is 0.199. The van der Waals surface area contributed by atoms with Gasteiger partial charge in [-0.15, -0.1) is 0 Å². The summed E-state index contributed by atoms with van der Waals surface area (Å²) in [6.45, 7) is 15.3. The van der Waals surface area contributed by atoms with E-state index in [4.69, 9.17) is 4.99 Å². The SMILES string of the molecule is C=C1C(C)N(C2CC2)C(C)=N/C(N2C(=C)CCC2c2cccnc2)=C\C=C(/C)N1C. The van der Waals surface area contributed by atoms with Crippen molar-refractivity contribution in [2.45, 2.75) is 64.6 Å². The molecule has 30 heavy (non-hydrogen) atoms. The monoisotopic (exact) mass is 403 g/mol. The molecule has 0 N–H and O–H groups in total. The van der Waals surface area contributed by atoms with Crippen molar-refractivity contribution >= 4 is 5.84 Å². The first-order valence-electron chi connectivity index (χ1n) is 10.9. The minimum Gasteiger partial charge on any atom is -0.351 e. The molecule has 0 aromatic carbocycles. The third-order valence-corrected chi connectivity index (χ3v) is 6.60. The molecule has 1 aliphatic carbocycles. The van der Waals surface area contributed by atoms with Gasteiger partial charge in [0.2, 0.25) is 0 Å². The molecule has 0 amide bonds. The van der Waals surface area contributed by atoms with Gasteiger partial charge in [0.15, 0.2) is 0 Å². The van der Waals surface area contributed by atoms with Crippen molar-refractivity contribution in [2.75, 3.05) is 7.05 Å². The van der Waals surface area contributed by atoms with Gasteiger partial charge in [0.25, 0.3) is 0 Å². The molecule has 1 saturated carbocycles. The molecule has 158 valence electrons. The Morgan fingerprint density at radius 1 is 1.10 bits per heavy atom. The van der Waals surface area contributed by atoms with E-state index in [1.807, 2.05) is 18.5 Å². The predicted octanol–water partition coefficient (Wildman–Crippen LogP) is 5.21. The van der Waals surface area contributed by atoms with E-state index >= 15 is 0 Å². The number of aliphatic imine (C=N–C) groups is 1. The largest absolute Gasteiger partial charge is 0.351 e. The number of likely N-dealkylation sites (N-methyl/N-ethyl adjacent to an activating group) is 1. The quantitative estimate of drug-likeness (QED) is 0.694. The van der Waals surface area contributed by atoms with Crippen molar-refractivity contribution in [1.29, 1.82) is 0 Å². The smallest absolute Gasteiger partial charge is 0.135 e. The van der Waals surface area contributed by atoms with Gasteiger partial charge in [0, 0.05) is 42.6 Å². The van der Waals surface area contributed by atoms with E-state index in [2.05, 4.69) is 78.9 Å². The summed E-state index contributed by atoms with van der Waals surface area (Å²) in [5, 5.41) is 0. The van der Waals surface area contributed by atoms with Crippen molar-refractivity contribution in [3.63, 3.8) is 0 Å². The van der Waals surface area contributed by atoms with E-state index in [0.717, 1.165) is 41.6 Å². The van der Waals surface area contributed by atoms with Crippen molar-refractivity contribution < 1.29 is 0 Å². The number of pyridine rings is 1. The van der Waals surface area contributed by atoms with Crippen molar-refractivity contribution in [2.24, 2.45) is 4.99 Å². The van der Waals surface area contributed by atoms with Gasteiger partial charge in [0.05, 0.1) is 12.1 Å². The highest BCUT2D eigenvalue weighted by atomic mass is 15.3. The molecule has 3 heterocycles. The Balaban J connectivity index is 1.79. The Labute approximate surface area is 180 Å². The summed E-state index contributed by atoms with van der Waals surface area (Å²) in [4.78, 5) is 16.5. The standard InChI is InChI=1S/C25H33N5/c1-17-10-14-25(29-18(2)9-13-24(29)22-8-7-15-26-16-22)27-21(5)30(23-11-12-23)20(4)19(3)28(17)6/h7-8,10,14-16,20,23-24H,2-3,9,11-13H2,1,4-6H3/b17-10+,25-14+,27-21?. The maximum absolute atomic E-state index is 5.18. The first kappa shape index (κ1) is 20.5. The van der Waals surface area contributed by atoms with Crippen LogP contribution in [0, 0.1) is 0 Å². The molecule has 0 bridgehead atoms. The van der Waals surface area contributed by atoms with Gasteiger partial charge < -0.3 is 14.7 Å². The van der Waals surface area contributed by atoms with Gasteiger partial charge >= 0.3 is 0 Å². The van der Waals surface area contributed by atoms with Crippen LogP contribution in [0.15, 0.2) is 77.7 Å². The van der Waals surface area contributed by atoms with E-state index in [1.165, 1.54) is 18.4 Å². The highest BCUT2D eigenvalue weighted by molar-refractivity contribution is 5.82. The van der Waals surface area contributed by atoms with Crippen LogP contribution in [0.25, 0.3) is 0 Å².